The molecule has 2 saturated heterocycles. The summed E-state index contributed by atoms with van der Waals surface area (Å²) >= 11 is 0. The molecule has 2 unspecified atom stereocenters. The number of carbonyl (C=O) groups excluding carboxylic acids is 1. The topological polar surface area (TPSA) is 49.3 Å². The Morgan fingerprint density at radius 3 is 2.30 bits per heavy atom. The Morgan fingerprint density at radius 2 is 1.48 bits per heavy atom. The van der Waals surface area contributed by atoms with Crippen LogP contribution in [0.3, 0.4) is 0 Å². The van der Waals surface area contributed by atoms with E-state index in [1.807, 2.05) is 72.9 Å². The third-order valence-electron chi connectivity index (χ3n) is 6.87. The Bertz CT molecular complexity index is 1290. The van der Waals surface area contributed by atoms with Gasteiger partial charge in [-0.1, -0.05) is 66.7 Å². The molecule has 2 atom stereocenters. The van der Waals surface area contributed by atoms with Crippen molar-refractivity contribution in [3.63, 3.8) is 0 Å². The van der Waals surface area contributed by atoms with Gasteiger partial charge in [0.25, 0.3) is 5.91 Å². The van der Waals surface area contributed by atoms with Crippen LogP contribution in [0.2, 0.25) is 0 Å². The Hall–Kier alpha value is -3.73. The summed E-state index contributed by atoms with van der Waals surface area (Å²) in [6, 6.07) is 26.3. The fraction of sp³-hybridized carbons (Fsp3) is 0.250. The van der Waals surface area contributed by atoms with Crippen molar-refractivity contribution in [2.24, 2.45) is 11.8 Å². The zero-order valence-corrected chi connectivity index (χ0v) is 18.5. The molecule has 3 heterocycles. The molecular formula is C28H26N4O. The minimum Gasteiger partial charge on any atom is -0.340 e. The smallest absolute Gasteiger partial charge is 0.254 e. The molecule has 33 heavy (non-hydrogen) atoms. The molecule has 5 nitrogen and oxygen atoms in total. The number of nitrogens with zero attached hydrogens (tertiary/aromatic N) is 4. The number of likely N-dealkylation sites (tertiary alicyclic amines) is 1. The second-order valence-electron chi connectivity index (χ2n) is 9.22. The number of anilines is 1. The molecule has 2 aliphatic rings. The van der Waals surface area contributed by atoms with Crippen molar-refractivity contribution in [1.29, 1.82) is 0 Å². The highest BCUT2D eigenvalue weighted by Crippen LogP contribution is 2.33. The van der Waals surface area contributed by atoms with Crippen molar-refractivity contribution in [3.8, 4) is 11.1 Å². The lowest BCUT2D eigenvalue weighted by molar-refractivity contribution is 0.0564. The molecule has 2 fully saturated rings. The van der Waals surface area contributed by atoms with Gasteiger partial charge in [-0.3, -0.25) is 4.79 Å². The summed E-state index contributed by atoms with van der Waals surface area (Å²) in [6.45, 7) is 3.34. The molecular weight excluding hydrogens is 408 g/mol. The number of benzene rings is 3. The summed E-state index contributed by atoms with van der Waals surface area (Å²) in [5, 5.41) is 1.06. The van der Waals surface area contributed by atoms with E-state index in [4.69, 9.17) is 4.98 Å². The van der Waals surface area contributed by atoms with Crippen LogP contribution in [0, 0.1) is 11.8 Å². The summed E-state index contributed by atoms with van der Waals surface area (Å²) < 4.78 is 0. The highest BCUT2D eigenvalue weighted by molar-refractivity contribution is 6.01. The lowest BCUT2D eigenvalue weighted by atomic mass is 9.84. The number of amides is 1. The second-order valence-corrected chi connectivity index (χ2v) is 9.22. The summed E-state index contributed by atoms with van der Waals surface area (Å²) in [6.07, 6.45) is 3.08. The summed E-state index contributed by atoms with van der Waals surface area (Å²) in [5.74, 6) is 1.80. The van der Waals surface area contributed by atoms with Crippen LogP contribution in [0.5, 0.6) is 0 Å². The van der Waals surface area contributed by atoms with Crippen molar-refractivity contribution in [2.45, 2.75) is 6.42 Å². The van der Waals surface area contributed by atoms with Crippen LogP contribution >= 0.6 is 0 Å². The SMILES string of the molecule is O=C(c1ccccc1-c1ccccc1)N1CC2CC(C1)CN(c1ncc3ccccc3n1)C2. The molecule has 1 aromatic heterocycles. The number of hydrogen-bond acceptors (Lipinski definition) is 4. The van der Waals surface area contributed by atoms with E-state index in [2.05, 4.69) is 26.9 Å². The Kier molecular flexibility index (Phi) is 5.02. The predicted octanol–water partition coefficient (Wildman–Crippen LogP) is 4.90. The van der Waals surface area contributed by atoms with E-state index in [-0.39, 0.29) is 5.91 Å². The molecule has 5 heteroatoms. The van der Waals surface area contributed by atoms with E-state index in [1.54, 1.807) is 0 Å². The summed E-state index contributed by atoms with van der Waals surface area (Å²) in [7, 11) is 0. The molecule has 0 saturated carbocycles. The van der Waals surface area contributed by atoms with Gasteiger partial charge in [0, 0.05) is 43.3 Å². The first kappa shape index (κ1) is 19.9. The highest BCUT2D eigenvalue weighted by atomic mass is 16.2. The number of para-hydroxylation sites is 1. The maximum atomic E-state index is 13.6. The number of carbonyl (C=O) groups is 1. The molecule has 0 N–H and O–H groups in total. The standard InChI is InChI=1S/C28H26N4O/c33-27(25-12-6-5-11-24(25)22-8-2-1-3-9-22)31-16-20-14-21(17-31)19-32(18-20)28-29-15-23-10-4-7-13-26(23)30-28/h1-13,15,20-21H,14,16-19H2. The van der Waals surface area contributed by atoms with Gasteiger partial charge >= 0.3 is 0 Å². The van der Waals surface area contributed by atoms with Gasteiger partial charge in [0.1, 0.15) is 0 Å². The van der Waals surface area contributed by atoms with Crippen LogP contribution in [0.1, 0.15) is 16.8 Å². The van der Waals surface area contributed by atoms with Gasteiger partial charge in [0.2, 0.25) is 5.95 Å². The first-order valence-electron chi connectivity index (χ1n) is 11.6. The molecule has 4 aromatic rings. The highest BCUT2D eigenvalue weighted by Gasteiger charge is 2.37. The molecule has 0 radical (unpaired) electrons. The van der Waals surface area contributed by atoms with Crippen LogP contribution in [-0.4, -0.2) is 47.0 Å². The minimum atomic E-state index is 0.138. The third-order valence-corrected chi connectivity index (χ3v) is 6.87. The van der Waals surface area contributed by atoms with Gasteiger partial charge in [-0.05, 0) is 41.5 Å². The fourth-order valence-electron chi connectivity index (χ4n) is 5.43. The van der Waals surface area contributed by atoms with Crippen LogP contribution in [-0.2, 0) is 0 Å². The van der Waals surface area contributed by atoms with E-state index in [1.165, 1.54) is 0 Å². The lowest BCUT2D eigenvalue weighted by Gasteiger charge is -2.46. The zero-order chi connectivity index (χ0) is 22.2. The van der Waals surface area contributed by atoms with E-state index in [9.17, 15) is 4.79 Å². The van der Waals surface area contributed by atoms with Gasteiger partial charge in [-0.15, -0.1) is 0 Å². The molecule has 1 amide bonds. The Morgan fingerprint density at radius 1 is 0.788 bits per heavy atom. The van der Waals surface area contributed by atoms with Crippen LogP contribution < -0.4 is 4.90 Å². The van der Waals surface area contributed by atoms with Gasteiger partial charge in [-0.2, -0.15) is 0 Å². The quantitative estimate of drug-likeness (QED) is 0.460. The van der Waals surface area contributed by atoms with E-state index in [0.29, 0.717) is 11.8 Å². The number of piperidine rings is 2. The molecule has 2 aliphatic heterocycles. The van der Waals surface area contributed by atoms with Crippen LogP contribution in [0.4, 0.5) is 5.95 Å². The number of rotatable bonds is 3. The van der Waals surface area contributed by atoms with Crippen LogP contribution in [0.15, 0.2) is 85.1 Å². The van der Waals surface area contributed by atoms with Gasteiger partial charge in [0.15, 0.2) is 0 Å². The van der Waals surface area contributed by atoms with Crippen molar-refractivity contribution >= 4 is 22.8 Å². The molecule has 6 rings (SSSR count). The van der Waals surface area contributed by atoms with Crippen molar-refractivity contribution in [2.75, 3.05) is 31.1 Å². The van der Waals surface area contributed by atoms with Crippen molar-refractivity contribution in [1.82, 2.24) is 14.9 Å². The maximum absolute atomic E-state index is 13.6. The average Bonchev–Trinajstić information content (AvgIpc) is 2.88. The molecule has 2 bridgehead atoms. The Labute approximate surface area is 193 Å². The van der Waals surface area contributed by atoms with Gasteiger partial charge in [0.05, 0.1) is 5.52 Å². The third kappa shape index (κ3) is 3.84. The number of hydrogen-bond donors (Lipinski definition) is 0. The van der Waals surface area contributed by atoms with E-state index in [0.717, 1.165) is 66.1 Å². The Balaban J connectivity index is 1.22. The maximum Gasteiger partial charge on any atom is 0.254 e. The zero-order valence-electron chi connectivity index (χ0n) is 18.5. The monoisotopic (exact) mass is 434 g/mol. The van der Waals surface area contributed by atoms with Gasteiger partial charge < -0.3 is 9.80 Å². The van der Waals surface area contributed by atoms with E-state index < -0.39 is 0 Å². The predicted molar refractivity (Wildman–Crippen MR) is 131 cm³/mol. The molecule has 3 aromatic carbocycles. The fourth-order valence-corrected chi connectivity index (χ4v) is 5.43. The number of fused-ring (bicyclic) bond motifs is 3. The summed E-state index contributed by atoms with van der Waals surface area (Å²) in [4.78, 5) is 27.4. The van der Waals surface area contributed by atoms with Crippen molar-refractivity contribution in [3.05, 3.63) is 90.6 Å². The average molecular weight is 435 g/mol. The normalized spacial score (nSPS) is 20.1. The molecule has 0 spiro atoms. The van der Waals surface area contributed by atoms with E-state index >= 15 is 0 Å². The first-order chi connectivity index (χ1) is 16.2. The lowest BCUT2D eigenvalue weighted by Crippen LogP contribution is -2.54. The molecule has 0 aliphatic carbocycles. The number of aromatic nitrogens is 2. The van der Waals surface area contributed by atoms with Gasteiger partial charge in [-0.25, -0.2) is 9.97 Å². The minimum absolute atomic E-state index is 0.138. The second kappa shape index (κ2) is 8.32. The van der Waals surface area contributed by atoms with Crippen LogP contribution in [0.25, 0.3) is 22.0 Å². The largest absolute Gasteiger partial charge is 0.340 e. The molecule has 164 valence electrons. The van der Waals surface area contributed by atoms with Crippen molar-refractivity contribution < 1.29 is 4.79 Å². The first-order valence-corrected chi connectivity index (χ1v) is 11.6. The summed E-state index contributed by atoms with van der Waals surface area (Å²) in [5.41, 5.74) is 3.86.